The molecule has 0 fully saturated rings. The van der Waals surface area contributed by atoms with E-state index in [2.05, 4.69) is 5.32 Å². The SMILES string of the molecule is Cc1cccc(N(CC(=O)N(Cc2ccccc2F)[C@@H](C)C(=O)NC(C)(C)C)S(C)(=O)=O)c1. The molecule has 9 heteroatoms. The van der Waals surface area contributed by atoms with Gasteiger partial charge in [-0.2, -0.15) is 0 Å². The number of sulfonamides is 1. The van der Waals surface area contributed by atoms with Crippen molar-refractivity contribution in [3.63, 3.8) is 0 Å². The summed E-state index contributed by atoms with van der Waals surface area (Å²) in [5, 5.41) is 2.82. The average molecular weight is 478 g/mol. The third-order valence-corrected chi connectivity index (χ3v) is 6.07. The third kappa shape index (κ3) is 7.56. The van der Waals surface area contributed by atoms with Crippen LogP contribution in [0.3, 0.4) is 0 Å². The molecule has 1 N–H and O–H groups in total. The maximum absolute atomic E-state index is 14.4. The van der Waals surface area contributed by atoms with Gasteiger partial charge in [-0.3, -0.25) is 13.9 Å². The molecule has 2 amide bonds. The lowest BCUT2D eigenvalue weighted by atomic mass is 10.1. The summed E-state index contributed by atoms with van der Waals surface area (Å²) >= 11 is 0. The maximum Gasteiger partial charge on any atom is 0.244 e. The van der Waals surface area contributed by atoms with E-state index >= 15 is 0 Å². The smallest absolute Gasteiger partial charge is 0.244 e. The molecule has 2 aromatic carbocycles. The minimum Gasteiger partial charge on any atom is -0.350 e. The molecule has 2 rings (SSSR count). The minimum absolute atomic E-state index is 0.185. The second-order valence-corrected chi connectivity index (χ2v) is 11.0. The van der Waals surface area contributed by atoms with Gasteiger partial charge in [0, 0.05) is 17.6 Å². The molecule has 0 aliphatic carbocycles. The molecule has 0 aromatic heterocycles. The molecular formula is C24H32FN3O4S. The molecule has 0 bridgehead atoms. The lowest BCUT2D eigenvalue weighted by Crippen LogP contribution is -2.54. The Morgan fingerprint density at radius 3 is 2.27 bits per heavy atom. The molecule has 180 valence electrons. The zero-order valence-electron chi connectivity index (χ0n) is 19.9. The number of carbonyl (C=O) groups is 2. The fourth-order valence-corrected chi connectivity index (χ4v) is 4.11. The van der Waals surface area contributed by atoms with Crippen molar-refractivity contribution in [1.29, 1.82) is 0 Å². The summed E-state index contributed by atoms with van der Waals surface area (Å²) in [6, 6.07) is 11.8. The van der Waals surface area contributed by atoms with Gasteiger partial charge in [0.05, 0.1) is 11.9 Å². The number of nitrogens with zero attached hydrogens (tertiary/aromatic N) is 2. The Morgan fingerprint density at radius 2 is 1.73 bits per heavy atom. The number of anilines is 1. The van der Waals surface area contributed by atoms with E-state index in [1.807, 2.05) is 33.8 Å². The van der Waals surface area contributed by atoms with Crippen molar-refractivity contribution in [2.75, 3.05) is 17.1 Å². The quantitative estimate of drug-likeness (QED) is 0.633. The van der Waals surface area contributed by atoms with Gasteiger partial charge >= 0.3 is 0 Å². The van der Waals surface area contributed by atoms with Gasteiger partial charge in [0.1, 0.15) is 18.4 Å². The number of rotatable bonds is 8. The summed E-state index contributed by atoms with van der Waals surface area (Å²) < 4.78 is 40.4. The van der Waals surface area contributed by atoms with Crippen LogP contribution in [-0.2, 0) is 26.2 Å². The van der Waals surface area contributed by atoms with Crippen LogP contribution in [0.2, 0.25) is 0 Å². The molecule has 0 saturated carbocycles. The summed E-state index contributed by atoms with van der Waals surface area (Å²) in [7, 11) is -3.81. The summed E-state index contributed by atoms with van der Waals surface area (Å²) in [5.41, 5.74) is 0.847. The molecule has 33 heavy (non-hydrogen) atoms. The molecule has 0 radical (unpaired) electrons. The van der Waals surface area contributed by atoms with Gasteiger partial charge in [-0.15, -0.1) is 0 Å². The predicted octanol–water partition coefficient (Wildman–Crippen LogP) is 3.23. The minimum atomic E-state index is -3.81. The summed E-state index contributed by atoms with van der Waals surface area (Å²) in [5.74, 6) is -1.56. The van der Waals surface area contributed by atoms with Crippen molar-refractivity contribution in [3.05, 3.63) is 65.5 Å². The van der Waals surface area contributed by atoms with E-state index in [0.29, 0.717) is 5.69 Å². The van der Waals surface area contributed by atoms with Gasteiger partial charge in [0.15, 0.2) is 0 Å². The number of nitrogens with one attached hydrogen (secondary N) is 1. The Bertz CT molecular complexity index is 1110. The molecule has 0 spiro atoms. The number of hydrogen-bond acceptors (Lipinski definition) is 4. The second kappa shape index (κ2) is 10.3. The highest BCUT2D eigenvalue weighted by Crippen LogP contribution is 2.21. The predicted molar refractivity (Wildman–Crippen MR) is 128 cm³/mol. The van der Waals surface area contributed by atoms with Crippen LogP contribution in [0.15, 0.2) is 48.5 Å². The first-order valence-electron chi connectivity index (χ1n) is 10.6. The first kappa shape index (κ1) is 26.3. The number of hydrogen-bond donors (Lipinski definition) is 1. The summed E-state index contributed by atoms with van der Waals surface area (Å²) in [6.45, 7) is 8.07. The van der Waals surface area contributed by atoms with Crippen LogP contribution in [0.4, 0.5) is 10.1 Å². The van der Waals surface area contributed by atoms with E-state index in [1.165, 1.54) is 30.0 Å². The zero-order chi connectivity index (χ0) is 25.0. The molecule has 0 heterocycles. The second-order valence-electron chi connectivity index (χ2n) is 9.14. The van der Waals surface area contributed by atoms with Crippen molar-refractivity contribution >= 4 is 27.5 Å². The highest BCUT2D eigenvalue weighted by atomic mass is 32.2. The van der Waals surface area contributed by atoms with Crippen molar-refractivity contribution in [1.82, 2.24) is 10.2 Å². The standard InChI is InChI=1S/C24H32FN3O4S/c1-17-10-9-12-20(14-17)28(33(6,31)32)16-22(29)27(15-19-11-7-8-13-21(19)25)18(2)23(30)26-24(3,4)5/h7-14,18H,15-16H2,1-6H3,(H,26,30)/t18-/m0/s1. The van der Waals surface area contributed by atoms with Crippen LogP contribution in [0.25, 0.3) is 0 Å². The Labute approximate surface area is 195 Å². The molecule has 1 atom stereocenters. The van der Waals surface area contributed by atoms with Crippen molar-refractivity contribution in [2.24, 2.45) is 0 Å². The largest absolute Gasteiger partial charge is 0.350 e. The molecule has 0 aliphatic heterocycles. The van der Waals surface area contributed by atoms with Crippen LogP contribution in [0, 0.1) is 12.7 Å². The van der Waals surface area contributed by atoms with Crippen molar-refractivity contribution in [3.8, 4) is 0 Å². The summed E-state index contributed by atoms with van der Waals surface area (Å²) in [6.07, 6.45) is 1.01. The van der Waals surface area contributed by atoms with E-state index in [9.17, 15) is 22.4 Å². The monoisotopic (exact) mass is 477 g/mol. The van der Waals surface area contributed by atoms with Crippen LogP contribution < -0.4 is 9.62 Å². The Kier molecular flexibility index (Phi) is 8.24. The normalized spacial score (nSPS) is 12.7. The highest BCUT2D eigenvalue weighted by molar-refractivity contribution is 7.92. The molecule has 0 aliphatic rings. The lowest BCUT2D eigenvalue weighted by molar-refractivity contribution is -0.140. The number of amides is 2. The fraction of sp³-hybridized carbons (Fsp3) is 0.417. The number of carbonyl (C=O) groups excluding carboxylic acids is 2. The van der Waals surface area contributed by atoms with E-state index in [4.69, 9.17) is 0 Å². The Hall–Kier alpha value is -2.94. The van der Waals surface area contributed by atoms with Crippen LogP contribution >= 0.6 is 0 Å². The topological polar surface area (TPSA) is 86.8 Å². The van der Waals surface area contributed by atoms with E-state index in [-0.39, 0.29) is 12.1 Å². The molecule has 2 aromatic rings. The third-order valence-electron chi connectivity index (χ3n) is 4.93. The van der Waals surface area contributed by atoms with E-state index in [0.717, 1.165) is 16.1 Å². The summed E-state index contributed by atoms with van der Waals surface area (Å²) in [4.78, 5) is 27.5. The lowest BCUT2D eigenvalue weighted by Gasteiger charge is -2.33. The van der Waals surface area contributed by atoms with Crippen molar-refractivity contribution < 1.29 is 22.4 Å². The number of benzene rings is 2. The van der Waals surface area contributed by atoms with Gasteiger partial charge < -0.3 is 10.2 Å². The van der Waals surface area contributed by atoms with Gasteiger partial charge in [-0.25, -0.2) is 12.8 Å². The fourth-order valence-electron chi connectivity index (χ4n) is 3.26. The average Bonchev–Trinajstić information content (AvgIpc) is 2.68. The van der Waals surface area contributed by atoms with Gasteiger partial charge in [0.25, 0.3) is 0 Å². The molecule has 0 saturated heterocycles. The Morgan fingerprint density at radius 1 is 1.09 bits per heavy atom. The highest BCUT2D eigenvalue weighted by Gasteiger charge is 2.31. The number of halogens is 1. The van der Waals surface area contributed by atoms with Gasteiger partial charge in [-0.05, 0) is 58.4 Å². The van der Waals surface area contributed by atoms with Crippen LogP contribution in [-0.4, -0.2) is 49.5 Å². The molecular weight excluding hydrogens is 445 g/mol. The number of aryl methyl sites for hydroxylation is 1. The zero-order valence-corrected chi connectivity index (χ0v) is 20.7. The van der Waals surface area contributed by atoms with Crippen molar-refractivity contribution in [2.45, 2.75) is 52.7 Å². The van der Waals surface area contributed by atoms with Gasteiger partial charge in [-0.1, -0.05) is 30.3 Å². The Balaban J connectivity index is 2.42. The first-order valence-corrected chi connectivity index (χ1v) is 12.4. The first-order chi connectivity index (χ1) is 15.2. The van der Waals surface area contributed by atoms with Gasteiger partial charge in [0.2, 0.25) is 21.8 Å². The maximum atomic E-state index is 14.4. The molecule has 0 unspecified atom stereocenters. The van der Waals surface area contributed by atoms with Crippen LogP contribution in [0.5, 0.6) is 0 Å². The van der Waals surface area contributed by atoms with Crippen LogP contribution in [0.1, 0.15) is 38.8 Å². The van der Waals surface area contributed by atoms with E-state index in [1.54, 1.807) is 24.3 Å². The van der Waals surface area contributed by atoms with E-state index < -0.39 is 45.8 Å². The molecule has 7 nitrogen and oxygen atoms in total.